The maximum Gasteiger partial charge on any atom is 0.191 e. The van der Waals surface area contributed by atoms with Gasteiger partial charge in [0.1, 0.15) is 18.1 Å². The fourth-order valence-electron chi connectivity index (χ4n) is 1.78. The molecule has 0 aromatic heterocycles. The molecule has 0 aliphatic carbocycles. The predicted molar refractivity (Wildman–Crippen MR) is 80.7 cm³/mol. The highest BCUT2D eigenvalue weighted by atomic mass is 16.7. The molecule has 0 spiro atoms. The van der Waals surface area contributed by atoms with Gasteiger partial charge in [-0.3, -0.25) is 0 Å². The fraction of sp³-hybridized carbons (Fsp3) is 0.625. The van der Waals surface area contributed by atoms with Crippen molar-refractivity contribution in [1.29, 1.82) is 0 Å². The van der Waals surface area contributed by atoms with Crippen molar-refractivity contribution in [3.8, 4) is 11.5 Å². The van der Waals surface area contributed by atoms with Crippen LogP contribution in [0.4, 0.5) is 0 Å². The van der Waals surface area contributed by atoms with Crippen LogP contribution in [0.25, 0.3) is 0 Å². The molecular weight excluding hydrogens is 272 g/mol. The molecule has 1 N–H and O–H groups in total. The summed E-state index contributed by atoms with van der Waals surface area (Å²) < 4.78 is 22.2. The van der Waals surface area contributed by atoms with E-state index >= 15 is 0 Å². The molecule has 0 fully saturated rings. The summed E-state index contributed by atoms with van der Waals surface area (Å²) in [5.74, 6) is 1.32. The van der Waals surface area contributed by atoms with E-state index in [2.05, 4.69) is 0 Å². The first-order valence-electron chi connectivity index (χ1n) is 7.47. The lowest BCUT2D eigenvalue weighted by Gasteiger charge is -2.19. The first-order valence-corrected chi connectivity index (χ1v) is 7.47. The number of hydrogen-bond acceptors (Lipinski definition) is 5. The molecule has 120 valence electrons. The average Bonchev–Trinajstić information content (AvgIpc) is 2.51. The zero-order valence-corrected chi connectivity index (χ0v) is 13.1. The second-order valence-corrected chi connectivity index (χ2v) is 4.43. The summed E-state index contributed by atoms with van der Waals surface area (Å²) in [6.07, 6.45) is 0.529. The summed E-state index contributed by atoms with van der Waals surface area (Å²) in [5, 5.41) is 9.37. The first kappa shape index (κ1) is 17.8. The molecule has 1 aromatic carbocycles. The van der Waals surface area contributed by atoms with Gasteiger partial charge in [0.15, 0.2) is 6.29 Å². The van der Waals surface area contributed by atoms with Crippen molar-refractivity contribution in [3.05, 3.63) is 23.8 Å². The standard InChI is InChI=1S/C16H26O5/c1-4-9-20-14-8-7-13(11-17)15(10-14)21-12-16(18-5-2)19-6-3/h7-8,10,16-17H,4-6,9,11-12H2,1-3H3. The van der Waals surface area contributed by atoms with Gasteiger partial charge >= 0.3 is 0 Å². The van der Waals surface area contributed by atoms with Crippen LogP contribution < -0.4 is 9.47 Å². The van der Waals surface area contributed by atoms with Gasteiger partial charge in [-0.05, 0) is 32.4 Å². The molecular formula is C16H26O5. The predicted octanol–water partition coefficient (Wildman–Crippen LogP) is 2.75. The molecule has 0 heterocycles. The number of hydrogen-bond donors (Lipinski definition) is 1. The van der Waals surface area contributed by atoms with Crippen LogP contribution in [0.5, 0.6) is 11.5 Å². The molecule has 0 radical (unpaired) electrons. The molecule has 0 aliphatic heterocycles. The molecule has 0 atom stereocenters. The van der Waals surface area contributed by atoms with E-state index in [1.807, 2.05) is 26.8 Å². The van der Waals surface area contributed by atoms with Gasteiger partial charge in [0.05, 0.1) is 13.2 Å². The van der Waals surface area contributed by atoms with Crippen LogP contribution in [0.3, 0.4) is 0 Å². The maximum atomic E-state index is 9.37. The highest BCUT2D eigenvalue weighted by Crippen LogP contribution is 2.25. The summed E-state index contributed by atoms with van der Waals surface area (Å²) in [5.41, 5.74) is 0.714. The van der Waals surface area contributed by atoms with E-state index in [0.717, 1.165) is 12.2 Å². The van der Waals surface area contributed by atoms with E-state index < -0.39 is 6.29 Å². The fourth-order valence-corrected chi connectivity index (χ4v) is 1.78. The normalized spacial score (nSPS) is 10.9. The van der Waals surface area contributed by atoms with Crippen LogP contribution in [-0.2, 0) is 16.1 Å². The minimum absolute atomic E-state index is 0.0860. The van der Waals surface area contributed by atoms with Gasteiger partial charge in [-0.25, -0.2) is 0 Å². The Bertz CT molecular complexity index is 388. The van der Waals surface area contributed by atoms with E-state index in [-0.39, 0.29) is 13.2 Å². The van der Waals surface area contributed by atoms with Crippen LogP contribution >= 0.6 is 0 Å². The van der Waals surface area contributed by atoms with E-state index in [4.69, 9.17) is 18.9 Å². The average molecular weight is 298 g/mol. The summed E-state index contributed by atoms with van der Waals surface area (Å²) in [6, 6.07) is 5.42. The first-order chi connectivity index (χ1) is 10.2. The third-order valence-corrected chi connectivity index (χ3v) is 2.76. The Kier molecular flexibility index (Phi) is 8.82. The van der Waals surface area contributed by atoms with Crippen molar-refractivity contribution in [3.63, 3.8) is 0 Å². The lowest BCUT2D eigenvalue weighted by Crippen LogP contribution is -2.25. The highest BCUT2D eigenvalue weighted by molar-refractivity contribution is 5.40. The minimum atomic E-state index is -0.410. The molecule has 5 nitrogen and oxygen atoms in total. The lowest BCUT2D eigenvalue weighted by molar-refractivity contribution is -0.152. The van der Waals surface area contributed by atoms with Crippen molar-refractivity contribution in [2.75, 3.05) is 26.4 Å². The van der Waals surface area contributed by atoms with E-state index in [1.54, 1.807) is 12.1 Å². The van der Waals surface area contributed by atoms with Crippen molar-refractivity contribution in [2.45, 2.75) is 40.1 Å². The highest BCUT2D eigenvalue weighted by Gasteiger charge is 2.12. The summed E-state index contributed by atoms with van der Waals surface area (Å²) in [4.78, 5) is 0. The molecule has 1 aromatic rings. The smallest absolute Gasteiger partial charge is 0.191 e. The lowest BCUT2D eigenvalue weighted by atomic mass is 10.2. The van der Waals surface area contributed by atoms with Crippen LogP contribution in [-0.4, -0.2) is 37.8 Å². The molecule has 0 saturated heterocycles. The molecule has 1 rings (SSSR count). The van der Waals surface area contributed by atoms with Crippen LogP contribution in [0.1, 0.15) is 32.8 Å². The van der Waals surface area contributed by atoms with Gasteiger partial charge in [-0.1, -0.05) is 6.92 Å². The Hall–Kier alpha value is -1.30. The zero-order valence-electron chi connectivity index (χ0n) is 13.1. The molecule has 0 saturated carbocycles. The third-order valence-electron chi connectivity index (χ3n) is 2.76. The Morgan fingerprint density at radius 1 is 1.05 bits per heavy atom. The van der Waals surface area contributed by atoms with Crippen molar-refractivity contribution >= 4 is 0 Å². The molecule has 0 amide bonds. The van der Waals surface area contributed by atoms with E-state index in [0.29, 0.717) is 31.1 Å². The second kappa shape index (κ2) is 10.4. The summed E-state index contributed by atoms with van der Waals surface area (Å²) in [6.45, 7) is 7.81. The number of ether oxygens (including phenoxy) is 4. The van der Waals surface area contributed by atoms with Gasteiger partial charge in [-0.2, -0.15) is 0 Å². The summed E-state index contributed by atoms with van der Waals surface area (Å²) >= 11 is 0. The monoisotopic (exact) mass is 298 g/mol. The van der Waals surface area contributed by atoms with Gasteiger partial charge in [0.2, 0.25) is 0 Å². The van der Waals surface area contributed by atoms with Crippen LogP contribution in [0.2, 0.25) is 0 Å². The second-order valence-electron chi connectivity index (χ2n) is 4.43. The minimum Gasteiger partial charge on any atom is -0.493 e. The Morgan fingerprint density at radius 2 is 1.76 bits per heavy atom. The number of aliphatic hydroxyl groups excluding tert-OH is 1. The number of aliphatic hydroxyl groups is 1. The Balaban J connectivity index is 2.69. The SMILES string of the molecule is CCCOc1ccc(CO)c(OCC(OCC)OCC)c1. The van der Waals surface area contributed by atoms with E-state index in [1.165, 1.54) is 0 Å². The van der Waals surface area contributed by atoms with Gasteiger partial charge in [0.25, 0.3) is 0 Å². The van der Waals surface area contributed by atoms with Gasteiger partial charge < -0.3 is 24.1 Å². The van der Waals surface area contributed by atoms with Crippen molar-refractivity contribution in [2.24, 2.45) is 0 Å². The molecule has 0 bridgehead atoms. The molecule has 0 unspecified atom stereocenters. The summed E-state index contributed by atoms with van der Waals surface area (Å²) in [7, 11) is 0. The molecule has 5 heteroatoms. The topological polar surface area (TPSA) is 57.2 Å². The Morgan fingerprint density at radius 3 is 2.33 bits per heavy atom. The molecule has 21 heavy (non-hydrogen) atoms. The largest absolute Gasteiger partial charge is 0.493 e. The van der Waals surface area contributed by atoms with Crippen LogP contribution in [0, 0.1) is 0 Å². The van der Waals surface area contributed by atoms with Crippen LogP contribution in [0.15, 0.2) is 18.2 Å². The van der Waals surface area contributed by atoms with Gasteiger partial charge in [0, 0.05) is 24.8 Å². The number of rotatable bonds is 11. The third kappa shape index (κ3) is 6.33. The Labute approximate surface area is 126 Å². The molecule has 0 aliphatic rings. The maximum absolute atomic E-state index is 9.37. The number of benzene rings is 1. The van der Waals surface area contributed by atoms with Crippen molar-refractivity contribution < 1.29 is 24.1 Å². The van der Waals surface area contributed by atoms with Gasteiger partial charge in [-0.15, -0.1) is 0 Å². The van der Waals surface area contributed by atoms with Crippen molar-refractivity contribution in [1.82, 2.24) is 0 Å². The van der Waals surface area contributed by atoms with E-state index in [9.17, 15) is 5.11 Å². The zero-order chi connectivity index (χ0) is 15.5. The quantitative estimate of drug-likeness (QED) is 0.637.